The fourth-order valence-electron chi connectivity index (χ4n) is 8.74. The SMILES string of the molecule is C=C1CC[C@H](C(C)C)[C@@H]2[C@H]1[C@@H]1O[C@H]2[C@](C)(OC(=O)CCC)CC[C@H](OC(=O)CCCCCCCCCCCCCCC)[C@@](C)(O)[C@H]1O. The van der Waals surface area contributed by atoms with Crippen molar-refractivity contribution in [3.05, 3.63) is 12.2 Å². The van der Waals surface area contributed by atoms with Gasteiger partial charge in [-0.05, 0) is 64.2 Å². The van der Waals surface area contributed by atoms with Crippen molar-refractivity contribution < 1.29 is 34.0 Å². The molecule has 3 fully saturated rings. The predicted octanol–water partition coefficient (Wildman–Crippen LogP) is 9.01. The first-order valence-corrected chi connectivity index (χ1v) is 19.5. The third-order valence-corrected chi connectivity index (χ3v) is 11.7. The van der Waals surface area contributed by atoms with E-state index >= 15 is 0 Å². The number of hydrogen-bond acceptors (Lipinski definition) is 7. The molecule has 1 saturated carbocycles. The largest absolute Gasteiger partial charge is 0.459 e. The summed E-state index contributed by atoms with van der Waals surface area (Å²) in [6, 6.07) is 0. The third-order valence-electron chi connectivity index (χ3n) is 11.7. The lowest BCUT2D eigenvalue weighted by atomic mass is 9.60. The molecule has 0 unspecified atom stereocenters. The van der Waals surface area contributed by atoms with Crippen LogP contribution in [0.5, 0.6) is 0 Å². The van der Waals surface area contributed by atoms with E-state index in [1.54, 1.807) is 6.92 Å². The molecule has 0 aromatic heterocycles. The minimum absolute atomic E-state index is 0.000719. The van der Waals surface area contributed by atoms with Crippen molar-refractivity contribution in [2.75, 3.05) is 0 Å². The summed E-state index contributed by atoms with van der Waals surface area (Å²) in [5.41, 5.74) is -1.75. The number of hydrogen-bond donors (Lipinski definition) is 2. The highest BCUT2D eigenvalue weighted by molar-refractivity contribution is 5.70. The fourth-order valence-corrected chi connectivity index (χ4v) is 8.74. The number of rotatable bonds is 19. The van der Waals surface area contributed by atoms with E-state index in [-0.39, 0.29) is 36.6 Å². The van der Waals surface area contributed by atoms with Gasteiger partial charge in [0.05, 0.1) is 6.10 Å². The Morgan fingerprint density at radius 1 is 0.872 bits per heavy atom. The molecule has 1 aliphatic carbocycles. The second-order valence-electron chi connectivity index (χ2n) is 15.9. The number of carbonyl (C=O) groups excluding carboxylic acids is 2. The molecule has 7 nitrogen and oxygen atoms in total. The van der Waals surface area contributed by atoms with E-state index in [1.807, 2.05) is 13.8 Å². The van der Waals surface area contributed by atoms with E-state index in [2.05, 4.69) is 27.4 Å². The van der Waals surface area contributed by atoms with Crippen LogP contribution in [0.1, 0.15) is 170 Å². The zero-order valence-electron chi connectivity index (χ0n) is 30.9. The van der Waals surface area contributed by atoms with Crippen LogP contribution >= 0.6 is 0 Å². The quantitative estimate of drug-likeness (QED) is 0.0808. The molecular formula is C40H70O7. The van der Waals surface area contributed by atoms with E-state index in [1.165, 1.54) is 64.2 Å². The second kappa shape index (κ2) is 19.1. The van der Waals surface area contributed by atoms with Crippen molar-refractivity contribution in [1.82, 2.24) is 0 Å². The smallest absolute Gasteiger partial charge is 0.306 e. The van der Waals surface area contributed by atoms with Gasteiger partial charge in [-0.1, -0.05) is 117 Å². The maximum Gasteiger partial charge on any atom is 0.306 e. The van der Waals surface area contributed by atoms with E-state index < -0.39 is 35.6 Å². The minimum atomic E-state index is -1.75. The molecular weight excluding hydrogens is 592 g/mol. The van der Waals surface area contributed by atoms with Crippen molar-refractivity contribution in [3.63, 3.8) is 0 Å². The van der Waals surface area contributed by atoms with Crippen molar-refractivity contribution in [3.8, 4) is 0 Å². The monoisotopic (exact) mass is 663 g/mol. The molecule has 0 amide bonds. The van der Waals surface area contributed by atoms with Crippen LogP contribution < -0.4 is 0 Å². The van der Waals surface area contributed by atoms with Gasteiger partial charge in [0, 0.05) is 24.7 Å². The molecule has 2 N–H and O–H groups in total. The number of carbonyl (C=O) groups is 2. The Morgan fingerprint density at radius 3 is 2.00 bits per heavy atom. The fraction of sp³-hybridized carbons (Fsp3) is 0.900. The van der Waals surface area contributed by atoms with Crippen LogP contribution in [0.2, 0.25) is 0 Å². The molecule has 2 heterocycles. The summed E-state index contributed by atoms with van der Waals surface area (Å²) in [6.07, 6.45) is 16.2. The van der Waals surface area contributed by atoms with Gasteiger partial charge in [-0.25, -0.2) is 0 Å². The standard InChI is InChI=1S/C40H70O7/c1-8-10-11-12-13-14-15-16-17-18-19-20-21-23-32(41)45-31-26-27-39(6,47-33(42)22-9-2)38-35-30(28(3)4)25-24-29(5)34(35)36(46-38)37(43)40(31,7)44/h28,30-31,34-38,43-44H,5,8-27H2,1-4,6-7H3/t30-,31+,34+,35-,36+,37+,38-,39-,40-/m1/s1. The van der Waals surface area contributed by atoms with Crippen LogP contribution in [0.25, 0.3) is 0 Å². The Labute approximate surface area is 287 Å². The van der Waals surface area contributed by atoms with E-state index in [0.717, 1.165) is 37.7 Å². The van der Waals surface area contributed by atoms with Gasteiger partial charge in [0.25, 0.3) is 0 Å². The van der Waals surface area contributed by atoms with Crippen LogP contribution in [0.3, 0.4) is 0 Å². The van der Waals surface area contributed by atoms with Gasteiger partial charge in [-0.15, -0.1) is 0 Å². The summed E-state index contributed by atoms with van der Waals surface area (Å²) in [5.74, 6) is -0.157. The van der Waals surface area contributed by atoms with E-state index in [0.29, 0.717) is 31.1 Å². The lowest BCUT2D eigenvalue weighted by Crippen LogP contribution is -2.58. The first-order valence-electron chi connectivity index (χ1n) is 19.5. The van der Waals surface area contributed by atoms with Crippen LogP contribution in [-0.2, 0) is 23.8 Å². The molecule has 2 saturated heterocycles. The second-order valence-corrected chi connectivity index (χ2v) is 15.9. The average Bonchev–Trinajstić information content (AvgIpc) is 3.43. The number of unbranched alkanes of at least 4 members (excludes halogenated alkanes) is 12. The van der Waals surface area contributed by atoms with Crippen LogP contribution in [-0.4, -0.2) is 57.8 Å². The first-order chi connectivity index (χ1) is 22.4. The number of esters is 2. The molecule has 0 spiro atoms. The highest BCUT2D eigenvalue weighted by Gasteiger charge is 2.63. The number of ether oxygens (including phenoxy) is 3. The zero-order chi connectivity index (χ0) is 34.6. The minimum Gasteiger partial charge on any atom is -0.459 e. The van der Waals surface area contributed by atoms with Crippen molar-refractivity contribution in [1.29, 1.82) is 0 Å². The maximum atomic E-state index is 13.1. The van der Waals surface area contributed by atoms with Gasteiger partial charge in [0.1, 0.15) is 29.5 Å². The molecule has 7 heteroatoms. The van der Waals surface area contributed by atoms with Crippen LogP contribution in [0.4, 0.5) is 0 Å². The van der Waals surface area contributed by atoms with Crippen molar-refractivity contribution >= 4 is 11.9 Å². The number of fused-ring (bicyclic) bond motifs is 5. The maximum absolute atomic E-state index is 13.1. The lowest BCUT2D eigenvalue weighted by molar-refractivity contribution is -0.198. The highest BCUT2D eigenvalue weighted by Crippen LogP contribution is 2.56. The van der Waals surface area contributed by atoms with Gasteiger partial charge in [0.15, 0.2) is 0 Å². The van der Waals surface area contributed by atoms with Crippen molar-refractivity contribution in [2.45, 2.75) is 206 Å². The third kappa shape index (κ3) is 10.8. The zero-order valence-corrected chi connectivity index (χ0v) is 30.9. The molecule has 0 aromatic carbocycles. The summed E-state index contributed by atoms with van der Waals surface area (Å²) < 4.78 is 19.0. The molecule has 2 aliphatic heterocycles. The van der Waals surface area contributed by atoms with Crippen LogP contribution in [0.15, 0.2) is 12.2 Å². The van der Waals surface area contributed by atoms with Gasteiger partial charge < -0.3 is 24.4 Å². The Kier molecular flexibility index (Phi) is 16.2. The Bertz CT molecular complexity index is 976. The number of aliphatic hydroxyl groups excluding tert-OH is 1. The molecule has 9 atom stereocenters. The van der Waals surface area contributed by atoms with Crippen LogP contribution in [0, 0.1) is 23.7 Å². The average molecular weight is 663 g/mol. The molecule has 2 bridgehead atoms. The predicted molar refractivity (Wildman–Crippen MR) is 188 cm³/mol. The molecule has 0 radical (unpaired) electrons. The molecule has 0 aromatic rings. The summed E-state index contributed by atoms with van der Waals surface area (Å²) in [5, 5.41) is 23.8. The number of aliphatic hydroxyl groups is 2. The highest BCUT2D eigenvalue weighted by atomic mass is 16.6. The Balaban J connectivity index is 1.62. The summed E-state index contributed by atoms with van der Waals surface area (Å²) in [4.78, 5) is 26.1. The van der Waals surface area contributed by atoms with Gasteiger partial charge in [0.2, 0.25) is 0 Å². The lowest BCUT2D eigenvalue weighted by Gasteiger charge is -2.47. The molecule has 3 aliphatic rings. The molecule has 3 rings (SSSR count). The van der Waals surface area contributed by atoms with Crippen molar-refractivity contribution in [2.24, 2.45) is 23.7 Å². The molecule has 47 heavy (non-hydrogen) atoms. The Morgan fingerprint density at radius 2 is 1.45 bits per heavy atom. The first kappa shape index (κ1) is 40.0. The Hall–Kier alpha value is -1.44. The van der Waals surface area contributed by atoms with E-state index in [4.69, 9.17) is 14.2 Å². The molecule has 272 valence electrons. The normalized spacial score (nSPS) is 34.0. The van der Waals surface area contributed by atoms with Gasteiger partial charge >= 0.3 is 11.9 Å². The topological polar surface area (TPSA) is 102 Å². The van der Waals surface area contributed by atoms with Gasteiger partial charge in [-0.3, -0.25) is 9.59 Å². The van der Waals surface area contributed by atoms with Gasteiger partial charge in [-0.2, -0.15) is 0 Å². The summed E-state index contributed by atoms with van der Waals surface area (Å²) >= 11 is 0. The van der Waals surface area contributed by atoms with E-state index in [9.17, 15) is 19.8 Å². The summed E-state index contributed by atoms with van der Waals surface area (Å²) in [7, 11) is 0. The summed E-state index contributed by atoms with van der Waals surface area (Å²) in [6.45, 7) is 16.5.